The number of carbonyl (C=O) groups excluding carboxylic acids is 1. The maximum Gasteiger partial charge on any atom is 0.265 e. The number of hydrogen-bond acceptors (Lipinski definition) is 3. The van der Waals surface area contributed by atoms with E-state index in [2.05, 4.69) is 13.8 Å². The Hall–Kier alpha value is -0.680. The van der Waals surface area contributed by atoms with Crippen LogP contribution in [-0.2, 0) is 14.9 Å². The van der Waals surface area contributed by atoms with Crippen LogP contribution in [0, 0.1) is 22.2 Å². The molecule has 0 aromatic rings. The summed E-state index contributed by atoms with van der Waals surface area (Å²) in [4.78, 5) is 12.5. The molecular formula is C13H18O4S. The number of rotatable bonds is 2. The minimum absolute atomic E-state index is 0.0221. The smallest absolute Gasteiger partial charge is 0.265 e. The van der Waals surface area contributed by atoms with Crippen LogP contribution in [0.1, 0.15) is 33.6 Å². The first-order valence-corrected chi connectivity index (χ1v) is 7.91. The van der Waals surface area contributed by atoms with Gasteiger partial charge in [0.05, 0.1) is 11.2 Å². The van der Waals surface area contributed by atoms with Crippen LogP contribution < -0.4 is 0 Å². The highest BCUT2D eigenvalue weighted by molar-refractivity contribution is 7.85. The second-order valence-corrected chi connectivity index (χ2v) is 7.96. The van der Waals surface area contributed by atoms with Gasteiger partial charge in [0.2, 0.25) is 0 Å². The molecule has 100 valence electrons. The molecule has 3 atom stereocenters. The van der Waals surface area contributed by atoms with Crippen molar-refractivity contribution in [3.05, 3.63) is 11.6 Å². The van der Waals surface area contributed by atoms with Crippen molar-refractivity contribution in [1.29, 1.82) is 0 Å². The summed E-state index contributed by atoms with van der Waals surface area (Å²) in [6.45, 7) is 6.04. The van der Waals surface area contributed by atoms with Gasteiger partial charge >= 0.3 is 0 Å². The number of Topliss-reactive ketones (excluding diaryl/α,β-unsaturated/α-hetero) is 1. The van der Waals surface area contributed by atoms with Crippen molar-refractivity contribution >= 4 is 15.9 Å². The summed E-state index contributed by atoms with van der Waals surface area (Å²) in [5.74, 6) is -0.271. The quantitative estimate of drug-likeness (QED) is 0.614. The summed E-state index contributed by atoms with van der Waals surface area (Å²) in [6.07, 6.45) is 3.31. The zero-order chi connectivity index (χ0) is 13.6. The van der Waals surface area contributed by atoms with Crippen LogP contribution in [-0.4, -0.2) is 24.5 Å². The molecule has 18 heavy (non-hydrogen) atoms. The minimum Gasteiger partial charge on any atom is -0.294 e. The van der Waals surface area contributed by atoms with Gasteiger partial charge in [-0.1, -0.05) is 19.9 Å². The van der Waals surface area contributed by atoms with Gasteiger partial charge < -0.3 is 0 Å². The third-order valence-electron chi connectivity index (χ3n) is 5.83. The fourth-order valence-electron chi connectivity index (χ4n) is 5.16. The molecule has 3 aliphatic carbocycles. The maximum atomic E-state index is 12.5. The van der Waals surface area contributed by atoms with E-state index in [4.69, 9.17) is 0 Å². The summed E-state index contributed by atoms with van der Waals surface area (Å²) >= 11 is 0. The van der Waals surface area contributed by atoms with E-state index in [9.17, 15) is 17.8 Å². The first-order valence-electron chi connectivity index (χ1n) is 6.30. The van der Waals surface area contributed by atoms with E-state index in [-0.39, 0.29) is 22.5 Å². The van der Waals surface area contributed by atoms with Crippen molar-refractivity contribution in [1.82, 2.24) is 0 Å². The third-order valence-corrected chi connectivity index (χ3v) is 6.69. The van der Waals surface area contributed by atoms with E-state index in [1.807, 2.05) is 13.0 Å². The normalized spacial score (nSPS) is 46.6. The molecule has 4 nitrogen and oxygen atoms in total. The summed E-state index contributed by atoms with van der Waals surface area (Å²) in [6, 6.07) is 0. The van der Waals surface area contributed by atoms with Crippen LogP contribution in [0.4, 0.5) is 0 Å². The van der Waals surface area contributed by atoms with Gasteiger partial charge in [0.15, 0.2) is 5.78 Å². The first kappa shape index (κ1) is 12.4. The van der Waals surface area contributed by atoms with Crippen LogP contribution in [0.3, 0.4) is 0 Å². The van der Waals surface area contributed by atoms with Crippen LogP contribution in [0.2, 0.25) is 0 Å². The van der Waals surface area contributed by atoms with Crippen LogP contribution in [0.25, 0.3) is 0 Å². The maximum absolute atomic E-state index is 12.5. The van der Waals surface area contributed by atoms with E-state index in [1.165, 1.54) is 0 Å². The molecule has 0 heterocycles. The Morgan fingerprint density at radius 1 is 1.39 bits per heavy atom. The van der Waals surface area contributed by atoms with E-state index in [0.29, 0.717) is 6.42 Å². The molecule has 3 rings (SSSR count). The lowest BCUT2D eigenvalue weighted by Crippen LogP contribution is -2.52. The second-order valence-electron chi connectivity index (χ2n) is 6.51. The van der Waals surface area contributed by atoms with Gasteiger partial charge in [0.25, 0.3) is 10.1 Å². The summed E-state index contributed by atoms with van der Waals surface area (Å²) in [7, 11) is -4.12. The molecule has 1 spiro atoms. The van der Waals surface area contributed by atoms with Crippen molar-refractivity contribution in [2.45, 2.75) is 33.6 Å². The van der Waals surface area contributed by atoms with E-state index < -0.39 is 21.3 Å². The highest BCUT2D eigenvalue weighted by atomic mass is 32.2. The Labute approximate surface area is 107 Å². The Bertz CT molecular complexity index is 586. The van der Waals surface area contributed by atoms with Crippen molar-refractivity contribution in [3.63, 3.8) is 0 Å². The molecule has 0 radical (unpaired) electrons. The number of ketones is 1. The topological polar surface area (TPSA) is 71.4 Å². The fourth-order valence-corrected chi connectivity index (χ4v) is 6.32. The zero-order valence-corrected chi connectivity index (χ0v) is 11.7. The average Bonchev–Trinajstić information content (AvgIpc) is 2.68. The Morgan fingerprint density at radius 2 is 2.00 bits per heavy atom. The van der Waals surface area contributed by atoms with Crippen LogP contribution >= 0.6 is 0 Å². The standard InChI is InChI=1S/C13H18O4S/c1-4-8-9-11(2,3)13(9)6-5-12(13,10(8)14)7-18(15,16)17/h4,9H,5-7H2,1-3H3,(H,15,16,17)/b8-4-/t9-,12-,13?/m1/s1. The molecule has 0 saturated heterocycles. The second kappa shape index (κ2) is 2.90. The lowest BCUT2D eigenvalue weighted by molar-refractivity contribution is -0.134. The van der Waals surface area contributed by atoms with Crippen molar-refractivity contribution in [2.75, 3.05) is 5.75 Å². The van der Waals surface area contributed by atoms with Gasteiger partial charge in [-0.2, -0.15) is 8.42 Å². The molecule has 0 aromatic carbocycles. The van der Waals surface area contributed by atoms with Gasteiger partial charge in [0.1, 0.15) is 0 Å². The van der Waals surface area contributed by atoms with Gasteiger partial charge in [-0.05, 0) is 42.1 Å². The molecule has 0 amide bonds. The van der Waals surface area contributed by atoms with Gasteiger partial charge in [-0.3, -0.25) is 9.35 Å². The molecule has 3 saturated carbocycles. The predicted octanol–water partition coefficient (Wildman–Crippen LogP) is 1.83. The molecular weight excluding hydrogens is 252 g/mol. The van der Waals surface area contributed by atoms with Crippen molar-refractivity contribution < 1.29 is 17.8 Å². The van der Waals surface area contributed by atoms with Gasteiger partial charge in [-0.25, -0.2) is 0 Å². The molecule has 3 fully saturated rings. The van der Waals surface area contributed by atoms with Crippen molar-refractivity contribution in [3.8, 4) is 0 Å². The summed E-state index contributed by atoms with van der Waals surface area (Å²) in [5.41, 5.74) is -0.307. The Kier molecular flexibility index (Phi) is 1.99. The lowest BCUT2D eigenvalue weighted by Gasteiger charge is -2.48. The largest absolute Gasteiger partial charge is 0.294 e. The van der Waals surface area contributed by atoms with E-state index in [1.54, 1.807) is 0 Å². The molecule has 1 unspecified atom stereocenters. The van der Waals surface area contributed by atoms with Crippen LogP contribution in [0.5, 0.6) is 0 Å². The predicted molar refractivity (Wildman–Crippen MR) is 66.6 cm³/mol. The molecule has 5 heteroatoms. The fraction of sp³-hybridized carbons (Fsp3) is 0.769. The SMILES string of the molecule is C/C=C1\C(=O)[C@]2(CS(=O)(=O)O)CCC23[C@H]1C3(C)C. The monoisotopic (exact) mass is 270 g/mol. The number of hydrogen-bond donors (Lipinski definition) is 1. The van der Waals surface area contributed by atoms with Gasteiger partial charge in [0, 0.05) is 0 Å². The minimum atomic E-state index is -4.12. The average molecular weight is 270 g/mol. The molecule has 0 aromatic heterocycles. The molecule has 0 bridgehead atoms. The van der Waals surface area contributed by atoms with E-state index in [0.717, 1.165) is 12.0 Å². The third kappa shape index (κ3) is 0.990. The molecule has 3 aliphatic rings. The van der Waals surface area contributed by atoms with Gasteiger partial charge in [-0.15, -0.1) is 0 Å². The van der Waals surface area contributed by atoms with Crippen LogP contribution in [0.15, 0.2) is 11.6 Å². The molecule has 0 aliphatic heterocycles. The lowest BCUT2D eigenvalue weighted by atomic mass is 9.55. The highest BCUT2D eigenvalue weighted by Crippen LogP contribution is 2.90. The number of allylic oxidation sites excluding steroid dienone is 2. The number of carbonyl (C=O) groups is 1. The summed E-state index contributed by atoms with van der Waals surface area (Å²) in [5, 5.41) is 0. The Morgan fingerprint density at radius 3 is 2.39 bits per heavy atom. The van der Waals surface area contributed by atoms with E-state index >= 15 is 0 Å². The highest BCUT2D eigenvalue weighted by Gasteiger charge is 2.90. The molecule has 1 N–H and O–H groups in total. The first-order chi connectivity index (χ1) is 8.14. The summed E-state index contributed by atoms with van der Waals surface area (Å²) < 4.78 is 31.7. The van der Waals surface area contributed by atoms with Crippen molar-refractivity contribution in [2.24, 2.45) is 22.2 Å². The Balaban J connectivity index is 2.14. The zero-order valence-electron chi connectivity index (χ0n) is 10.9.